The van der Waals surface area contributed by atoms with Gasteiger partial charge in [-0.15, -0.1) is 0 Å². The van der Waals surface area contributed by atoms with Gasteiger partial charge in [0.25, 0.3) is 5.91 Å². The Bertz CT molecular complexity index is 340. The van der Waals surface area contributed by atoms with Gasteiger partial charge in [0.1, 0.15) is 0 Å². The molecule has 0 saturated carbocycles. The van der Waals surface area contributed by atoms with Crippen LogP contribution in [0.4, 0.5) is 0 Å². The van der Waals surface area contributed by atoms with Gasteiger partial charge in [0.05, 0.1) is 13.2 Å². The van der Waals surface area contributed by atoms with Crippen molar-refractivity contribution in [3.8, 4) is 0 Å². The maximum atomic E-state index is 11.7. The predicted octanol–water partition coefficient (Wildman–Crippen LogP) is 0.700. The summed E-state index contributed by atoms with van der Waals surface area (Å²) in [6, 6.07) is 7.49. The van der Waals surface area contributed by atoms with Crippen LogP contribution in [0, 0.1) is 6.92 Å². The monoisotopic (exact) mass is 222 g/mol. The number of amides is 1. The first kappa shape index (κ1) is 12.7. The van der Waals surface area contributed by atoms with Crippen LogP contribution in [0.1, 0.15) is 15.9 Å². The fraction of sp³-hybridized carbons (Fsp3) is 0.417. The van der Waals surface area contributed by atoms with Gasteiger partial charge < -0.3 is 15.8 Å². The van der Waals surface area contributed by atoms with E-state index in [0.717, 1.165) is 5.56 Å². The van der Waals surface area contributed by atoms with Gasteiger partial charge in [-0.3, -0.25) is 4.79 Å². The molecule has 0 saturated heterocycles. The van der Waals surface area contributed by atoms with Crippen LogP contribution in [-0.2, 0) is 4.74 Å². The molecule has 0 fully saturated rings. The second-order valence-electron chi connectivity index (χ2n) is 3.47. The topological polar surface area (TPSA) is 64.3 Å². The molecule has 1 aromatic rings. The molecule has 1 aromatic carbocycles. The minimum atomic E-state index is -0.0607. The number of ether oxygens (including phenoxy) is 1. The lowest BCUT2D eigenvalue weighted by Gasteiger charge is -2.07. The van der Waals surface area contributed by atoms with Crippen LogP contribution in [0.5, 0.6) is 0 Å². The number of aryl methyl sites for hydroxylation is 1. The van der Waals surface area contributed by atoms with Crippen molar-refractivity contribution in [3.63, 3.8) is 0 Å². The van der Waals surface area contributed by atoms with Crippen LogP contribution in [0.15, 0.2) is 24.3 Å². The second kappa shape index (κ2) is 6.98. The normalized spacial score (nSPS) is 10.1. The molecule has 16 heavy (non-hydrogen) atoms. The molecular weight excluding hydrogens is 204 g/mol. The van der Waals surface area contributed by atoms with Crippen molar-refractivity contribution in [2.45, 2.75) is 6.92 Å². The zero-order valence-electron chi connectivity index (χ0n) is 9.53. The molecular formula is C12H18N2O2. The molecule has 1 amide bonds. The third-order valence-corrected chi connectivity index (χ3v) is 2.18. The summed E-state index contributed by atoms with van der Waals surface area (Å²) in [6.07, 6.45) is 0. The summed E-state index contributed by atoms with van der Waals surface area (Å²) in [5, 5.41) is 2.79. The van der Waals surface area contributed by atoms with Crippen molar-refractivity contribution >= 4 is 5.91 Å². The summed E-state index contributed by atoms with van der Waals surface area (Å²) in [5.74, 6) is -0.0607. The molecule has 0 unspecified atom stereocenters. The van der Waals surface area contributed by atoms with E-state index in [1.54, 1.807) is 0 Å². The number of benzene rings is 1. The largest absolute Gasteiger partial charge is 0.378 e. The first-order valence-corrected chi connectivity index (χ1v) is 5.37. The zero-order chi connectivity index (χ0) is 11.8. The van der Waals surface area contributed by atoms with Crippen molar-refractivity contribution in [1.82, 2.24) is 5.32 Å². The molecule has 3 N–H and O–H groups in total. The number of hydrogen-bond donors (Lipinski definition) is 2. The SMILES string of the molecule is Cc1ccccc1C(=O)NCCOCCN. The quantitative estimate of drug-likeness (QED) is 0.696. The van der Waals surface area contributed by atoms with E-state index in [0.29, 0.717) is 31.9 Å². The number of hydrogen-bond acceptors (Lipinski definition) is 3. The first-order valence-electron chi connectivity index (χ1n) is 5.37. The Morgan fingerprint density at radius 2 is 2.12 bits per heavy atom. The zero-order valence-corrected chi connectivity index (χ0v) is 9.53. The van der Waals surface area contributed by atoms with Gasteiger partial charge in [0.2, 0.25) is 0 Å². The van der Waals surface area contributed by atoms with Gasteiger partial charge in [-0.2, -0.15) is 0 Å². The number of carbonyl (C=O) groups is 1. The lowest BCUT2D eigenvalue weighted by molar-refractivity contribution is 0.0919. The lowest BCUT2D eigenvalue weighted by atomic mass is 10.1. The lowest BCUT2D eigenvalue weighted by Crippen LogP contribution is -2.28. The summed E-state index contributed by atoms with van der Waals surface area (Å²) in [7, 11) is 0. The van der Waals surface area contributed by atoms with Crippen molar-refractivity contribution in [1.29, 1.82) is 0 Å². The summed E-state index contributed by atoms with van der Waals surface area (Å²) in [6.45, 7) is 3.95. The standard InChI is InChI=1S/C12H18N2O2/c1-10-4-2-3-5-11(10)12(15)14-7-9-16-8-6-13/h2-5H,6-9,13H2,1H3,(H,14,15). The molecule has 0 spiro atoms. The minimum absolute atomic E-state index is 0.0607. The van der Waals surface area contributed by atoms with E-state index in [4.69, 9.17) is 10.5 Å². The van der Waals surface area contributed by atoms with E-state index >= 15 is 0 Å². The summed E-state index contributed by atoms with van der Waals surface area (Å²) < 4.78 is 5.16. The molecule has 0 atom stereocenters. The van der Waals surface area contributed by atoms with Gasteiger partial charge >= 0.3 is 0 Å². The molecule has 0 heterocycles. The van der Waals surface area contributed by atoms with Crippen molar-refractivity contribution in [3.05, 3.63) is 35.4 Å². The minimum Gasteiger partial charge on any atom is -0.378 e. The highest BCUT2D eigenvalue weighted by Gasteiger charge is 2.06. The van der Waals surface area contributed by atoms with E-state index < -0.39 is 0 Å². The highest BCUT2D eigenvalue weighted by atomic mass is 16.5. The van der Waals surface area contributed by atoms with E-state index in [9.17, 15) is 4.79 Å². The van der Waals surface area contributed by atoms with Gasteiger partial charge in [0.15, 0.2) is 0 Å². The predicted molar refractivity (Wildman–Crippen MR) is 63.4 cm³/mol. The molecule has 0 aliphatic heterocycles. The van der Waals surface area contributed by atoms with E-state index in [2.05, 4.69) is 5.32 Å². The van der Waals surface area contributed by atoms with Gasteiger partial charge in [-0.05, 0) is 18.6 Å². The van der Waals surface area contributed by atoms with E-state index in [1.807, 2.05) is 31.2 Å². The Balaban J connectivity index is 2.33. The van der Waals surface area contributed by atoms with Crippen molar-refractivity contribution in [2.24, 2.45) is 5.73 Å². The Kier molecular flexibility index (Phi) is 5.53. The first-order chi connectivity index (χ1) is 7.75. The van der Waals surface area contributed by atoms with Gasteiger partial charge in [-0.1, -0.05) is 18.2 Å². The summed E-state index contributed by atoms with van der Waals surface area (Å²) in [5.41, 5.74) is 6.95. The third kappa shape index (κ3) is 4.00. The summed E-state index contributed by atoms with van der Waals surface area (Å²) >= 11 is 0. The molecule has 0 aliphatic carbocycles. The van der Waals surface area contributed by atoms with Crippen molar-refractivity contribution in [2.75, 3.05) is 26.3 Å². The van der Waals surface area contributed by atoms with Crippen LogP contribution in [0.3, 0.4) is 0 Å². The van der Waals surface area contributed by atoms with Crippen molar-refractivity contribution < 1.29 is 9.53 Å². The van der Waals surface area contributed by atoms with E-state index in [-0.39, 0.29) is 5.91 Å². The molecule has 88 valence electrons. The fourth-order valence-electron chi connectivity index (χ4n) is 1.35. The molecule has 4 nitrogen and oxygen atoms in total. The number of nitrogens with two attached hydrogens (primary N) is 1. The molecule has 4 heteroatoms. The molecule has 0 radical (unpaired) electrons. The van der Waals surface area contributed by atoms with Crippen LogP contribution >= 0.6 is 0 Å². The maximum Gasteiger partial charge on any atom is 0.251 e. The fourth-order valence-corrected chi connectivity index (χ4v) is 1.35. The Hall–Kier alpha value is -1.39. The highest BCUT2D eigenvalue weighted by Crippen LogP contribution is 2.05. The molecule has 0 bridgehead atoms. The number of nitrogens with one attached hydrogen (secondary N) is 1. The van der Waals surface area contributed by atoms with Crippen LogP contribution < -0.4 is 11.1 Å². The van der Waals surface area contributed by atoms with E-state index in [1.165, 1.54) is 0 Å². The van der Waals surface area contributed by atoms with Gasteiger partial charge in [0, 0.05) is 18.7 Å². The van der Waals surface area contributed by atoms with Gasteiger partial charge in [-0.25, -0.2) is 0 Å². The molecule has 1 rings (SSSR count). The average Bonchev–Trinajstić information content (AvgIpc) is 2.29. The smallest absolute Gasteiger partial charge is 0.251 e. The molecule has 0 aromatic heterocycles. The highest BCUT2D eigenvalue weighted by molar-refractivity contribution is 5.95. The van der Waals surface area contributed by atoms with Crippen LogP contribution in [0.25, 0.3) is 0 Å². The molecule has 0 aliphatic rings. The van der Waals surface area contributed by atoms with Crippen LogP contribution in [0.2, 0.25) is 0 Å². The Morgan fingerprint density at radius 1 is 1.38 bits per heavy atom. The summed E-state index contributed by atoms with van der Waals surface area (Å²) in [4.78, 5) is 11.7. The average molecular weight is 222 g/mol. The third-order valence-electron chi connectivity index (χ3n) is 2.18. The number of carbonyl (C=O) groups excluding carboxylic acids is 1. The Morgan fingerprint density at radius 3 is 2.81 bits per heavy atom. The number of rotatable bonds is 6. The maximum absolute atomic E-state index is 11.7. The van der Waals surface area contributed by atoms with Crippen LogP contribution in [-0.4, -0.2) is 32.2 Å². The second-order valence-corrected chi connectivity index (χ2v) is 3.47. The Labute approximate surface area is 95.8 Å².